The Morgan fingerprint density at radius 2 is 2.21 bits per heavy atom. The fourth-order valence-corrected chi connectivity index (χ4v) is 2.18. The highest BCUT2D eigenvalue weighted by molar-refractivity contribution is 14.0. The Hall–Kier alpha value is -0.0800. The van der Waals surface area contributed by atoms with Crippen LogP contribution in [0.4, 0.5) is 0 Å². The van der Waals surface area contributed by atoms with Crippen molar-refractivity contribution in [2.75, 3.05) is 53.1 Å². The number of nitrogens with one attached hydrogen (secondary N) is 1. The molecule has 1 aliphatic rings. The summed E-state index contributed by atoms with van der Waals surface area (Å²) in [4.78, 5) is 6.91. The molecule has 1 fully saturated rings. The summed E-state index contributed by atoms with van der Waals surface area (Å²) in [5.41, 5.74) is 0. The van der Waals surface area contributed by atoms with Crippen molar-refractivity contribution in [3.63, 3.8) is 0 Å². The van der Waals surface area contributed by atoms with Crippen LogP contribution in [0.25, 0.3) is 0 Å². The summed E-state index contributed by atoms with van der Waals surface area (Å²) in [6, 6.07) is 0. The van der Waals surface area contributed by atoms with Gasteiger partial charge in [0.25, 0.3) is 0 Å². The van der Waals surface area contributed by atoms with Gasteiger partial charge in [0.2, 0.25) is 0 Å². The molecule has 1 rings (SSSR count). The Balaban J connectivity index is 0.00000324. The van der Waals surface area contributed by atoms with Crippen LogP contribution in [0.15, 0.2) is 4.99 Å². The van der Waals surface area contributed by atoms with E-state index >= 15 is 0 Å². The standard InChI is InChI=1S/C13H27N3O2.HI/c1-4-14-13(15-7-9-18-5-2)16-8-6-12(10-16)11-17-3;/h12H,4-11H2,1-3H3,(H,14,15);1H. The van der Waals surface area contributed by atoms with Gasteiger partial charge in [-0.3, -0.25) is 4.99 Å². The van der Waals surface area contributed by atoms with Crippen LogP contribution in [-0.2, 0) is 9.47 Å². The van der Waals surface area contributed by atoms with E-state index < -0.39 is 0 Å². The van der Waals surface area contributed by atoms with Gasteiger partial charge in [-0.15, -0.1) is 24.0 Å². The first kappa shape index (κ1) is 18.9. The van der Waals surface area contributed by atoms with E-state index in [-0.39, 0.29) is 24.0 Å². The van der Waals surface area contributed by atoms with Gasteiger partial charge in [-0.2, -0.15) is 0 Å². The van der Waals surface area contributed by atoms with Gasteiger partial charge in [0.15, 0.2) is 5.96 Å². The molecule has 0 saturated carbocycles. The van der Waals surface area contributed by atoms with E-state index in [9.17, 15) is 0 Å². The third kappa shape index (κ3) is 7.31. The van der Waals surface area contributed by atoms with Crippen LogP contribution in [-0.4, -0.2) is 64.0 Å². The second-order valence-electron chi connectivity index (χ2n) is 4.49. The van der Waals surface area contributed by atoms with Crippen LogP contribution in [0.1, 0.15) is 20.3 Å². The fourth-order valence-electron chi connectivity index (χ4n) is 2.18. The summed E-state index contributed by atoms with van der Waals surface area (Å²) in [5.74, 6) is 1.64. The zero-order valence-corrected chi connectivity index (χ0v) is 14.7. The molecular formula is C13H28IN3O2. The molecular weight excluding hydrogens is 357 g/mol. The zero-order chi connectivity index (χ0) is 13.2. The first-order valence-electron chi connectivity index (χ1n) is 6.91. The fraction of sp³-hybridized carbons (Fsp3) is 0.923. The van der Waals surface area contributed by atoms with Crippen molar-refractivity contribution >= 4 is 29.9 Å². The average molecular weight is 385 g/mol. The smallest absolute Gasteiger partial charge is 0.194 e. The van der Waals surface area contributed by atoms with Crippen molar-refractivity contribution in [2.24, 2.45) is 10.9 Å². The minimum absolute atomic E-state index is 0. The SMILES string of the molecule is CCNC(=NCCOCC)N1CCC(COC)C1.I. The molecule has 0 aromatic heterocycles. The number of ether oxygens (including phenoxy) is 2. The van der Waals surface area contributed by atoms with Crippen LogP contribution in [0, 0.1) is 5.92 Å². The normalized spacial score (nSPS) is 19.4. The van der Waals surface area contributed by atoms with Gasteiger partial charge in [-0.25, -0.2) is 0 Å². The van der Waals surface area contributed by atoms with E-state index in [2.05, 4.69) is 22.1 Å². The van der Waals surface area contributed by atoms with Crippen LogP contribution in [0.2, 0.25) is 0 Å². The molecule has 1 N–H and O–H groups in total. The molecule has 0 spiro atoms. The molecule has 6 heteroatoms. The second kappa shape index (κ2) is 11.7. The van der Waals surface area contributed by atoms with Gasteiger partial charge in [0.1, 0.15) is 0 Å². The lowest BCUT2D eigenvalue weighted by Gasteiger charge is -2.21. The van der Waals surface area contributed by atoms with Gasteiger partial charge in [-0.1, -0.05) is 0 Å². The molecule has 1 heterocycles. The molecule has 0 amide bonds. The van der Waals surface area contributed by atoms with E-state index in [1.54, 1.807) is 7.11 Å². The summed E-state index contributed by atoms with van der Waals surface area (Å²) >= 11 is 0. The van der Waals surface area contributed by atoms with Crippen LogP contribution in [0.5, 0.6) is 0 Å². The number of aliphatic imine (C=N–C) groups is 1. The number of hydrogen-bond acceptors (Lipinski definition) is 3. The van der Waals surface area contributed by atoms with E-state index in [0.29, 0.717) is 12.5 Å². The monoisotopic (exact) mass is 385 g/mol. The molecule has 1 unspecified atom stereocenters. The highest BCUT2D eigenvalue weighted by atomic mass is 127. The predicted molar refractivity (Wildman–Crippen MR) is 89.4 cm³/mol. The van der Waals surface area contributed by atoms with Crippen LogP contribution < -0.4 is 5.32 Å². The summed E-state index contributed by atoms with van der Waals surface area (Å²) in [7, 11) is 1.77. The van der Waals surface area contributed by atoms with Crippen LogP contribution in [0.3, 0.4) is 0 Å². The molecule has 114 valence electrons. The Bertz CT molecular complexity index is 252. The maximum atomic E-state index is 5.31. The summed E-state index contributed by atoms with van der Waals surface area (Å²) in [6.45, 7) is 10.1. The topological polar surface area (TPSA) is 46.1 Å². The lowest BCUT2D eigenvalue weighted by atomic mass is 10.1. The molecule has 1 saturated heterocycles. The van der Waals surface area contributed by atoms with Crippen molar-refractivity contribution < 1.29 is 9.47 Å². The third-order valence-electron chi connectivity index (χ3n) is 3.02. The molecule has 1 atom stereocenters. The molecule has 0 aromatic rings. The molecule has 0 bridgehead atoms. The van der Waals surface area contributed by atoms with Crippen molar-refractivity contribution in [3.8, 4) is 0 Å². The quantitative estimate of drug-likeness (QED) is 0.313. The zero-order valence-electron chi connectivity index (χ0n) is 12.4. The number of guanidine groups is 1. The minimum atomic E-state index is 0. The van der Waals surface area contributed by atoms with Gasteiger partial charge < -0.3 is 19.7 Å². The molecule has 1 aliphatic heterocycles. The first-order valence-corrected chi connectivity index (χ1v) is 6.91. The number of methoxy groups -OCH3 is 1. The van der Waals surface area contributed by atoms with E-state index in [1.807, 2.05) is 6.92 Å². The molecule has 0 radical (unpaired) electrons. The molecule has 19 heavy (non-hydrogen) atoms. The molecule has 5 nitrogen and oxygen atoms in total. The maximum Gasteiger partial charge on any atom is 0.194 e. The van der Waals surface area contributed by atoms with E-state index in [0.717, 1.165) is 45.4 Å². The Morgan fingerprint density at radius 1 is 1.42 bits per heavy atom. The number of nitrogens with zero attached hydrogens (tertiary/aromatic N) is 2. The van der Waals surface area contributed by atoms with Crippen molar-refractivity contribution in [2.45, 2.75) is 20.3 Å². The van der Waals surface area contributed by atoms with Gasteiger partial charge >= 0.3 is 0 Å². The number of hydrogen-bond donors (Lipinski definition) is 1. The molecule has 0 aromatic carbocycles. The number of likely N-dealkylation sites (tertiary alicyclic amines) is 1. The summed E-state index contributed by atoms with van der Waals surface area (Å²) in [6.07, 6.45) is 1.18. The largest absolute Gasteiger partial charge is 0.384 e. The number of halogens is 1. The van der Waals surface area contributed by atoms with Crippen molar-refractivity contribution in [3.05, 3.63) is 0 Å². The maximum absolute atomic E-state index is 5.31. The average Bonchev–Trinajstić information content (AvgIpc) is 2.82. The van der Waals surface area contributed by atoms with Crippen molar-refractivity contribution in [1.29, 1.82) is 0 Å². The Kier molecular flexibility index (Phi) is 11.7. The van der Waals surface area contributed by atoms with E-state index in [1.165, 1.54) is 6.42 Å². The van der Waals surface area contributed by atoms with Crippen LogP contribution >= 0.6 is 24.0 Å². The third-order valence-corrected chi connectivity index (χ3v) is 3.02. The number of rotatable bonds is 7. The lowest BCUT2D eigenvalue weighted by Crippen LogP contribution is -2.40. The lowest BCUT2D eigenvalue weighted by molar-refractivity contribution is 0.154. The predicted octanol–water partition coefficient (Wildman–Crippen LogP) is 1.57. The second-order valence-corrected chi connectivity index (χ2v) is 4.49. The Labute approximate surface area is 134 Å². The highest BCUT2D eigenvalue weighted by Gasteiger charge is 2.24. The first-order chi connectivity index (χ1) is 8.81. The van der Waals surface area contributed by atoms with E-state index in [4.69, 9.17) is 9.47 Å². The highest BCUT2D eigenvalue weighted by Crippen LogP contribution is 2.16. The summed E-state index contributed by atoms with van der Waals surface area (Å²) < 4.78 is 10.5. The minimum Gasteiger partial charge on any atom is -0.384 e. The van der Waals surface area contributed by atoms with Gasteiger partial charge in [0, 0.05) is 39.3 Å². The Morgan fingerprint density at radius 3 is 2.84 bits per heavy atom. The summed E-state index contributed by atoms with van der Waals surface area (Å²) in [5, 5.41) is 3.34. The molecule has 0 aliphatic carbocycles. The van der Waals surface area contributed by atoms with Gasteiger partial charge in [0.05, 0.1) is 19.8 Å². The van der Waals surface area contributed by atoms with Gasteiger partial charge in [-0.05, 0) is 20.3 Å². The van der Waals surface area contributed by atoms with Crippen molar-refractivity contribution in [1.82, 2.24) is 10.2 Å².